The molecular formula is C18H25FN6O4S. The van der Waals surface area contributed by atoms with E-state index in [2.05, 4.69) is 30.5 Å². The molecule has 0 aliphatic heterocycles. The van der Waals surface area contributed by atoms with Crippen LogP contribution in [0.25, 0.3) is 0 Å². The Morgan fingerprint density at radius 1 is 1.30 bits per heavy atom. The van der Waals surface area contributed by atoms with Gasteiger partial charge in [-0.15, -0.1) is 0 Å². The molecule has 0 unspecified atom stereocenters. The number of anilines is 3. The average Bonchev–Trinajstić information content (AvgIpc) is 3.25. The highest BCUT2D eigenvalue weighted by atomic mass is 32.2. The summed E-state index contributed by atoms with van der Waals surface area (Å²) in [5.74, 6) is -0.155. The van der Waals surface area contributed by atoms with Crippen LogP contribution in [-0.4, -0.2) is 48.1 Å². The zero-order chi connectivity index (χ0) is 21.9. The summed E-state index contributed by atoms with van der Waals surface area (Å²) in [5.41, 5.74) is 0.646. The maximum atomic E-state index is 14.0. The normalized spacial score (nSPS) is 19.0. The Balaban J connectivity index is 1.58. The molecule has 3 rings (SSSR count). The molecule has 164 valence electrons. The fourth-order valence-electron chi connectivity index (χ4n) is 3.27. The van der Waals surface area contributed by atoms with E-state index in [4.69, 9.17) is 4.74 Å². The quantitative estimate of drug-likeness (QED) is 0.486. The Bertz CT molecular complexity index is 1010. The van der Waals surface area contributed by atoms with Crippen LogP contribution in [0.4, 0.5) is 26.5 Å². The summed E-state index contributed by atoms with van der Waals surface area (Å²) >= 11 is 0. The Morgan fingerprint density at radius 3 is 2.73 bits per heavy atom. The van der Waals surface area contributed by atoms with Gasteiger partial charge in [0, 0.05) is 23.7 Å². The van der Waals surface area contributed by atoms with Gasteiger partial charge in [0.25, 0.3) is 0 Å². The van der Waals surface area contributed by atoms with Crippen LogP contribution in [-0.2, 0) is 14.8 Å². The van der Waals surface area contributed by atoms with E-state index in [1.54, 1.807) is 6.07 Å². The molecule has 1 aliphatic carbocycles. The van der Waals surface area contributed by atoms with Crippen molar-refractivity contribution in [3.05, 3.63) is 29.8 Å². The average molecular weight is 441 g/mol. The summed E-state index contributed by atoms with van der Waals surface area (Å²) in [6, 6.07) is 4.53. The second-order valence-corrected chi connectivity index (χ2v) is 9.33. The van der Waals surface area contributed by atoms with Crippen LogP contribution in [0.1, 0.15) is 44.7 Å². The zero-order valence-corrected chi connectivity index (χ0v) is 17.7. The standard InChI is InChI=1S/C18H25FN6O4S/c1-10(2)20-18(26)29-12-5-4-11(8-12)14-9-16(24-23-14)21-15-7-6-13(17(19)22-15)25-30(3,27)28/h6-7,9-12,25H,4-5,8H2,1-3H3,(H,20,26)(H2,21,22,23,24)/t11-,12+/m1/s1. The number of aromatic amines is 1. The number of H-pyrrole nitrogens is 1. The third-order valence-corrected chi connectivity index (χ3v) is 5.09. The Morgan fingerprint density at radius 2 is 2.07 bits per heavy atom. The Kier molecular flexibility index (Phi) is 6.44. The number of carbonyl (C=O) groups is 1. The third kappa shape index (κ3) is 6.05. The van der Waals surface area contributed by atoms with E-state index in [-0.39, 0.29) is 29.6 Å². The van der Waals surface area contributed by atoms with Crippen LogP contribution in [0.3, 0.4) is 0 Å². The minimum Gasteiger partial charge on any atom is -0.446 e. The molecule has 0 radical (unpaired) electrons. The summed E-state index contributed by atoms with van der Waals surface area (Å²) in [6.07, 6.45) is 2.66. The number of ether oxygens (including phenoxy) is 1. The van der Waals surface area contributed by atoms with Crippen molar-refractivity contribution in [2.24, 2.45) is 0 Å². The number of sulfonamides is 1. The number of rotatable bonds is 7. The van der Waals surface area contributed by atoms with Gasteiger partial charge >= 0.3 is 6.09 Å². The van der Waals surface area contributed by atoms with Gasteiger partial charge in [-0.3, -0.25) is 9.82 Å². The largest absolute Gasteiger partial charge is 0.446 e. The van der Waals surface area contributed by atoms with Crippen LogP contribution >= 0.6 is 0 Å². The van der Waals surface area contributed by atoms with E-state index >= 15 is 0 Å². The molecule has 0 spiro atoms. The van der Waals surface area contributed by atoms with Crippen LogP contribution in [0.2, 0.25) is 0 Å². The Hall–Kier alpha value is -2.89. The van der Waals surface area contributed by atoms with Gasteiger partial charge in [0.05, 0.1) is 6.26 Å². The molecule has 1 aliphatic rings. The van der Waals surface area contributed by atoms with Gasteiger partial charge in [0.1, 0.15) is 17.6 Å². The topological polar surface area (TPSA) is 138 Å². The fraction of sp³-hybridized carbons (Fsp3) is 0.500. The van der Waals surface area contributed by atoms with Gasteiger partial charge in [0.2, 0.25) is 16.0 Å². The molecule has 1 saturated carbocycles. The molecule has 4 N–H and O–H groups in total. The van der Waals surface area contributed by atoms with Gasteiger partial charge in [0.15, 0.2) is 5.82 Å². The maximum absolute atomic E-state index is 14.0. The van der Waals surface area contributed by atoms with Gasteiger partial charge in [-0.25, -0.2) is 18.2 Å². The second kappa shape index (κ2) is 8.86. The number of alkyl carbamates (subject to hydrolysis) is 1. The van der Waals surface area contributed by atoms with Crippen LogP contribution in [0, 0.1) is 5.95 Å². The van der Waals surface area contributed by atoms with Crippen LogP contribution in [0.15, 0.2) is 18.2 Å². The number of aromatic nitrogens is 3. The second-order valence-electron chi connectivity index (χ2n) is 7.58. The number of pyridine rings is 1. The summed E-state index contributed by atoms with van der Waals surface area (Å²) in [5, 5.41) is 12.7. The highest BCUT2D eigenvalue weighted by molar-refractivity contribution is 7.92. The predicted molar refractivity (Wildman–Crippen MR) is 110 cm³/mol. The number of amides is 1. The SMILES string of the molecule is CC(C)NC(=O)O[C@H]1CC[C@@H](c2cc(Nc3ccc(NS(C)(=O)=O)c(F)n3)n[nH]2)C1. The van der Waals surface area contributed by atoms with Crippen molar-refractivity contribution in [1.82, 2.24) is 20.5 Å². The van der Waals surface area contributed by atoms with Crippen molar-refractivity contribution in [2.45, 2.75) is 51.2 Å². The first-order valence-electron chi connectivity index (χ1n) is 9.53. The smallest absolute Gasteiger partial charge is 0.407 e. The molecule has 0 bridgehead atoms. The minimum absolute atomic E-state index is 0.0191. The van der Waals surface area contributed by atoms with Crippen LogP contribution < -0.4 is 15.4 Å². The molecule has 2 heterocycles. The lowest BCUT2D eigenvalue weighted by molar-refractivity contribution is 0.0981. The van der Waals surface area contributed by atoms with Gasteiger partial charge in [-0.2, -0.15) is 9.49 Å². The molecule has 2 aromatic rings. The number of nitrogens with zero attached hydrogens (tertiary/aromatic N) is 2. The van der Waals surface area contributed by atoms with E-state index in [0.29, 0.717) is 12.2 Å². The van der Waals surface area contributed by atoms with Crippen molar-refractivity contribution in [3.63, 3.8) is 0 Å². The highest BCUT2D eigenvalue weighted by Crippen LogP contribution is 2.36. The van der Waals surface area contributed by atoms with Crippen molar-refractivity contribution in [2.75, 3.05) is 16.3 Å². The summed E-state index contributed by atoms with van der Waals surface area (Å²) in [7, 11) is -3.60. The summed E-state index contributed by atoms with van der Waals surface area (Å²) in [6.45, 7) is 3.74. The van der Waals surface area contributed by atoms with E-state index < -0.39 is 22.1 Å². The van der Waals surface area contributed by atoms with Gasteiger partial charge in [-0.1, -0.05) is 0 Å². The highest BCUT2D eigenvalue weighted by Gasteiger charge is 2.30. The zero-order valence-electron chi connectivity index (χ0n) is 16.9. The van der Waals surface area contributed by atoms with Gasteiger partial charge < -0.3 is 15.4 Å². The fourth-order valence-corrected chi connectivity index (χ4v) is 3.82. The maximum Gasteiger partial charge on any atom is 0.407 e. The number of halogens is 1. The molecule has 2 aromatic heterocycles. The van der Waals surface area contributed by atoms with Crippen molar-refractivity contribution < 1.29 is 22.3 Å². The molecule has 0 saturated heterocycles. The van der Waals surface area contributed by atoms with Crippen molar-refractivity contribution >= 4 is 33.4 Å². The molecule has 12 heteroatoms. The molecule has 0 aromatic carbocycles. The molecule has 10 nitrogen and oxygen atoms in total. The molecule has 1 fully saturated rings. The molecule has 2 atom stereocenters. The van der Waals surface area contributed by atoms with E-state index in [0.717, 1.165) is 24.8 Å². The van der Waals surface area contributed by atoms with E-state index in [1.165, 1.54) is 12.1 Å². The first-order chi connectivity index (χ1) is 14.1. The molecular weight excluding hydrogens is 415 g/mol. The van der Waals surface area contributed by atoms with E-state index in [1.807, 2.05) is 13.8 Å². The molecule has 30 heavy (non-hydrogen) atoms. The Labute approximate surface area is 174 Å². The number of hydrogen-bond donors (Lipinski definition) is 4. The predicted octanol–water partition coefficient (Wildman–Crippen LogP) is 2.83. The monoisotopic (exact) mass is 440 g/mol. The summed E-state index contributed by atoms with van der Waals surface area (Å²) in [4.78, 5) is 15.5. The molecule has 1 amide bonds. The number of hydrogen-bond acceptors (Lipinski definition) is 7. The third-order valence-electron chi connectivity index (χ3n) is 4.50. The van der Waals surface area contributed by atoms with Crippen molar-refractivity contribution in [1.29, 1.82) is 0 Å². The first kappa shape index (κ1) is 21.8. The number of carbonyl (C=O) groups excluding carboxylic acids is 1. The lowest BCUT2D eigenvalue weighted by Gasteiger charge is -2.14. The number of nitrogens with one attached hydrogen (secondary N) is 4. The van der Waals surface area contributed by atoms with Crippen LogP contribution in [0.5, 0.6) is 0 Å². The van der Waals surface area contributed by atoms with E-state index in [9.17, 15) is 17.6 Å². The first-order valence-corrected chi connectivity index (χ1v) is 11.4. The van der Waals surface area contributed by atoms with Gasteiger partial charge in [-0.05, 0) is 45.2 Å². The lowest BCUT2D eigenvalue weighted by atomic mass is 10.0. The minimum atomic E-state index is -3.60. The summed E-state index contributed by atoms with van der Waals surface area (Å²) < 4.78 is 43.9. The van der Waals surface area contributed by atoms with Crippen molar-refractivity contribution in [3.8, 4) is 0 Å². The lowest BCUT2D eigenvalue weighted by Crippen LogP contribution is -2.33.